The van der Waals surface area contributed by atoms with Crippen LogP contribution in [0.4, 0.5) is 0 Å². The van der Waals surface area contributed by atoms with Gasteiger partial charge in [0.1, 0.15) is 0 Å². The molecule has 0 bridgehead atoms. The van der Waals surface area contributed by atoms with Gasteiger partial charge in [-0.15, -0.1) is 10.2 Å². The van der Waals surface area contributed by atoms with E-state index in [0.29, 0.717) is 0 Å². The van der Waals surface area contributed by atoms with Gasteiger partial charge in [-0.05, 0) is 0 Å². The Bertz CT molecular complexity index is 249. The average molecular weight is 374 g/mol. The Morgan fingerprint density at radius 2 is 0.778 bits per heavy atom. The van der Waals surface area contributed by atoms with Gasteiger partial charge in [-0.1, -0.05) is 0 Å². The molecule has 0 saturated carbocycles. The fraction of sp³-hybridized carbons (Fsp3) is 0.800. The van der Waals surface area contributed by atoms with Crippen LogP contribution in [0.5, 0.6) is 0 Å². The van der Waals surface area contributed by atoms with E-state index in [-0.39, 0.29) is 33.5 Å². The van der Waals surface area contributed by atoms with E-state index in [0.717, 1.165) is 0 Å². The monoisotopic (exact) mass is 372 g/mol. The molecule has 0 aromatic carbocycles. The van der Waals surface area contributed by atoms with Crippen LogP contribution in [0.25, 0.3) is 9.69 Å². The molecule has 0 atom stereocenters. The van der Waals surface area contributed by atoms with E-state index in [1.165, 1.54) is 0 Å². The zero-order valence-corrected chi connectivity index (χ0v) is 13.4. The fourth-order valence-corrected chi connectivity index (χ4v) is 0. The van der Waals surface area contributed by atoms with Crippen molar-refractivity contribution in [2.45, 2.75) is 52.6 Å². The first kappa shape index (κ1) is 26.4. The molecule has 0 aliphatic heterocycles. The molecule has 110 valence electrons. The predicted molar refractivity (Wildman–Crippen MR) is 52.7 cm³/mol. The Hall–Kier alpha value is -0.150. The Morgan fingerprint density at radius 3 is 0.778 bits per heavy atom. The molecule has 0 aliphatic rings. The zero-order chi connectivity index (χ0) is 14.9. The third-order valence-corrected chi connectivity index (χ3v) is 0.671. The van der Waals surface area contributed by atoms with Crippen LogP contribution in [-0.2, 0) is 22.4 Å². The largest absolute Gasteiger partial charge is 1.00 e. The first-order chi connectivity index (χ1) is 7.12. The molecule has 0 aromatic heterocycles. The van der Waals surface area contributed by atoms with Gasteiger partial charge in [0.05, 0.1) is 0 Å². The van der Waals surface area contributed by atoms with Crippen LogP contribution < -0.4 is 18.6 Å². The van der Waals surface area contributed by atoms with Crippen molar-refractivity contribution in [1.82, 2.24) is 0 Å². The summed E-state index contributed by atoms with van der Waals surface area (Å²) < 4.78 is 34.0. The summed E-state index contributed by atoms with van der Waals surface area (Å²) in [6.07, 6.45) is 0. The molecule has 8 heteroatoms. The molecule has 6 nitrogen and oxygen atoms in total. The van der Waals surface area contributed by atoms with Crippen molar-refractivity contribution in [3.8, 4) is 0 Å². The second-order valence-corrected chi connectivity index (χ2v) is 5.70. The molecule has 0 spiro atoms. The number of rotatable bonds is 0. The molecule has 0 aliphatic carbocycles. The van der Waals surface area contributed by atoms with Gasteiger partial charge >= 0.3 is 22.4 Å². The minimum Gasteiger partial charge on any atom is -0.311 e. The molecule has 0 rings (SSSR count). The van der Waals surface area contributed by atoms with Gasteiger partial charge in [-0.2, -0.15) is 0 Å². The summed E-state index contributed by atoms with van der Waals surface area (Å²) >= 11 is 0. The summed E-state index contributed by atoms with van der Waals surface area (Å²) in [7, 11) is -4.94. The van der Waals surface area contributed by atoms with E-state index in [1.807, 2.05) is 41.5 Å². The SMILES string of the molecule is [Ag+].[C-]#[N+]C(C)(C)C.[C-]#[N+]C(C)(C)C.[O-][Cl+3]([O-])([O-])[O-]. The second-order valence-electron chi connectivity index (χ2n) is 4.94. The van der Waals surface area contributed by atoms with Crippen molar-refractivity contribution in [3.05, 3.63) is 22.8 Å². The normalized spacial score (nSPS) is 10.2. The summed E-state index contributed by atoms with van der Waals surface area (Å²) in [6, 6.07) is 0. The Labute approximate surface area is 127 Å². The van der Waals surface area contributed by atoms with Gasteiger partial charge in [-0.25, -0.2) is 31.8 Å². The van der Waals surface area contributed by atoms with Crippen molar-refractivity contribution in [3.63, 3.8) is 0 Å². The van der Waals surface area contributed by atoms with Crippen LogP contribution in [0.3, 0.4) is 0 Å². The van der Waals surface area contributed by atoms with Crippen LogP contribution in [0.15, 0.2) is 0 Å². The molecular formula is C10H18AgClN2O4. The average Bonchev–Trinajstić information content (AvgIpc) is 2.00. The quantitative estimate of drug-likeness (QED) is 0.387. The minimum absolute atomic E-state index is 0. The molecule has 0 heterocycles. The van der Waals surface area contributed by atoms with Crippen molar-refractivity contribution in [2.75, 3.05) is 0 Å². The second kappa shape index (κ2) is 10.7. The standard InChI is InChI=1S/2C5H9N.Ag.ClHO4/c2*1-5(2,3)6-4;;2-1(3,4)5/h2*1-3H3;;(H,2,3,4,5)/q;;+1;/p-1. The molecular weight excluding hydrogens is 355 g/mol. The van der Waals surface area contributed by atoms with Crippen molar-refractivity contribution < 1.29 is 51.3 Å². The first-order valence-corrected chi connectivity index (χ1v) is 5.75. The number of halogens is 1. The van der Waals surface area contributed by atoms with Gasteiger partial charge < -0.3 is 9.69 Å². The maximum Gasteiger partial charge on any atom is 1.00 e. The van der Waals surface area contributed by atoms with Gasteiger partial charge in [0, 0.05) is 41.5 Å². The van der Waals surface area contributed by atoms with Crippen molar-refractivity contribution in [2.24, 2.45) is 0 Å². The van der Waals surface area contributed by atoms with Crippen LogP contribution in [-0.4, -0.2) is 11.1 Å². The number of nitrogens with zero attached hydrogens (tertiary/aromatic N) is 2. The van der Waals surface area contributed by atoms with E-state index >= 15 is 0 Å². The molecule has 0 radical (unpaired) electrons. The van der Waals surface area contributed by atoms with Crippen LogP contribution in [0.2, 0.25) is 0 Å². The third-order valence-electron chi connectivity index (χ3n) is 0.671. The minimum atomic E-state index is -4.94. The maximum atomic E-state index is 8.49. The van der Waals surface area contributed by atoms with Crippen LogP contribution in [0.1, 0.15) is 41.5 Å². The first-order valence-electron chi connectivity index (χ1n) is 4.51. The van der Waals surface area contributed by atoms with E-state index in [4.69, 9.17) is 31.8 Å². The molecule has 0 saturated heterocycles. The summed E-state index contributed by atoms with van der Waals surface area (Å²) in [5, 5.41) is 0. The summed E-state index contributed by atoms with van der Waals surface area (Å²) in [5.41, 5.74) is -0.333. The topological polar surface area (TPSA) is 101 Å². The summed E-state index contributed by atoms with van der Waals surface area (Å²) in [4.78, 5) is 6.54. The maximum absolute atomic E-state index is 8.49. The van der Waals surface area contributed by atoms with Crippen LogP contribution in [0, 0.1) is 23.4 Å². The van der Waals surface area contributed by atoms with Gasteiger partial charge in [-0.3, -0.25) is 0 Å². The Kier molecular flexibility index (Phi) is 15.8. The van der Waals surface area contributed by atoms with E-state index in [2.05, 4.69) is 9.69 Å². The molecule has 0 amide bonds. The van der Waals surface area contributed by atoms with E-state index in [1.54, 1.807) is 0 Å². The van der Waals surface area contributed by atoms with Crippen molar-refractivity contribution >= 4 is 0 Å². The molecule has 0 aromatic rings. The number of hydrogen-bond donors (Lipinski definition) is 0. The predicted octanol–water partition coefficient (Wildman–Crippen LogP) is -1.35. The third kappa shape index (κ3) is 102. The van der Waals surface area contributed by atoms with Gasteiger partial charge in [0.25, 0.3) is 0 Å². The Morgan fingerprint density at radius 1 is 0.722 bits per heavy atom. The molecule has 0 fully saturated rings. The summed E-state index contributed by atoms with van der Waals surface area (Å²) in [6.45, 7) is 24.3. The van der Waals surface area contributed by atoms with Gasteiger partial charge in [0.15, 0.2) is 0 Å². The van der Waals surface area contributed by atoms with Crippen LogP contribution >= 0.6 is 0 Å². The zero-order valence-electron chi connectivity index (χ0n) is 11.2. The molecule has 0 N–H and O–H groups in total. The fourth-order valence-electron chi connectivity index (χ4n) is 0. The summed E-state index contributed by atoms with van der Waals surface area (Å²) in [5.74, 6) is 0. The van der Waals surface area contributed by atoms with E-state index < -0.39 is 10.2 Å². The smallest absolute Gasteiger partial charge is 0.311 e. The van der Waals surface area contributed by atoms with Crippen molar-refractivity contribution in [1.29, 1.82) is 0 Å². The van der Waals surface area contributed by atoms with Gasteiger partial charge in [0.2, 0.25) is 11.1 Å². The molecule has 18 heavy (non-hydrogen) atoms. The molecule has 0 unspecified atom stereocenters. The van der Waals surface area contributed by atoms with E-state index in [9.17, 15) is 0 Å². The Balaban J connectivity index is -0.0000000799. The number of hydrogen-bond acceptors (Lipinski definition) is 4.